The van der Waals surface area contributed by atoms with E-state index in [0.717, 1.165) is 26.1 Å². The van der Waals surface area contributed by atoms with Crippen LogP contribution in [0.15, 0.2) is 18.2 Å². The van der Waals surface area contributed by atoms with Gasteiger partial charge in [-0.05, 0) is 39.1 Å². The fraction of sp³-hybridized carbons (Fsp3) is 0.533. The van der Waals surface area contributed by atoms with Gasteiger partial charge in [-0.2, -0.15) is 0 Å². The molecular weight excluding hydrogens is 254 g/mol. The van der Waals surface area contributed by atoms with E-state index in [1.165, 1.54) is 0 Å². The van der Waals surface area contributed by atoms with Gasteiger partial charge in [0.15, 0.2) is 0 Å². The highest BCUT2D eigenvalue weighted by Crippen LogP contribution is 2.21. The number of carbonyl (C=O) groups excluding carboxylic acids is 1. The van der Waals surface area contributed by atoms with Crippen LogP contribution in [0, 0.1) is 0 Å². The normalized spacial score (nSPS) is 20.6. The Labute approximate surface area is 120 Å². The summed E-state index contributed by atoms with van der Waals surface area (Å²) in [4.78, 5) is 16.9. The molecule has 0 saturated carbocycles. The second kappa shape index (κ2) is 6.13. The molecule has 1 aliphatic rings. The number of likely N-dealkylation sites (N-methyl/N-ethyl adjacent to an activating group) is 1. The summed E-state index contributed by atoms with van der Waals surface area (Å²) >= 11 is 0. The van der Waals surface area contributed by atoms with Gasteiger partial charge in [0.05, 0.1) is 7.11 Å². The second-order valence-corrected chi connectivity index (χ2v) is 5.46. The van der Waals surface area contributed by atoms with E-state index < -0.39 is 0 Å². The maximum atomic E-state index is 12.7. The van der Waals surface area contributed by atoms with Crippen molar-refractivity contribution in [3.05, 3.63) is 23.8 Å². The molecule has 0 spiro atoms. The van der Waals surface area contributed by atoms with E-state index in [2.05, 4.69) is 18.9 Å². The molecule has 0 bridgehead atoms. The van der Waals surface area contributed by atoms with Crippen LogP contribution in [0.25, 0.3) is 0 Å². The summed E-state index contributed by atoms with van der Waals surface area (Å²) in [7, 11) is 3.67. The van der Waals surface area contributed by atoms with Gasteiger partial charge < -0.3 is 20.3 Å². The molecule has 0 aliphatic carbocycles. The average molecular weight is 277 g/mol. The summed E-state index contributed by atoms with van der Waals surface area (Å²) in [5.74, 6) is 0.645. The number of benzene rings is 1. The molecule has 1 unspecified atom stereocenters. The number of methoxy groups -OCH3 is 1. The Morgan fingerprint density at radius 3 is 2.80 bits per heavy atom. The Morgan fingerprint density at radius 1 is 1.35 bits per heavy atom. The van der Waals surface area contributed by atoms with Crippen molar-refractivity contribution in [3.8, 4) is 5.75 Å². The van der Waals surface area contributed by atoms with Crippen molar-refractivity contribution in [2.24, 2.45) is 0 Å². The number of ether oxygens (including phenoxy) is 1. The van der Waals surface area contributed by atoms with E-state index in [4.69, 9.17) is 10.5 Å². The number of hydrogen-bond donors (Lipinski definition) is 1. The molecule has 1 heterocycles. The van der Waals surface area contributed by atoms with Gasteiger partial charge in [0.1, 0.15) is 5.75 Å². The first kappa shape index (κ1) is 14.7. The molecule has 0 aromatic heterocycles. The molecule has 1 aromatic carbocycles. The molecule has 20 heavy (non-hydrogen) atoms. The topological polar surface area (TPSA) is 58.8 Å². The number of hydrogen-bond acceptors (Lipinski definition) is 4. The van der Waals surface area contributed by atoms with Crippen LogP contribution in [0.1, 0.15) is 23.7 Å². The molecular formula is C15H23N3O2. The van der Waals surface area contributed by atoms with Crippen LogP contribution in [-0.4, -0.2) is 55.5 Å². The molecule has 2 rings (SSSR count). The molecule has 1 aromatic rings. The van der Waals surface area contributed by atoms with E-state index >= 15 is 0 Å². The molecule has 110 valence electrons. The lowest BCUT2D eigenvalue weighted by Gasteiger charge is -2.28. The number of nitrogen functional groups attached to an aromatic ring is 1. The van der Waals surface area contributed by atoms with Gasteiger partial charge in [0.25, 0.3) is 5.91 Å². The fourth-order valence-electron chi connectivity index (χ4n) is 2.70. The molecule has 1 saturated heterocycles. The van der Waals surface area contributed by atoms with Crippen LogP contribution in [0.3, 0.4) is 0 Å². The Morgan fingerprint density at radius 2 is 2.10 bits per heavy atom. The first-order valence-electron chi connectivity index (χ1n) is 6.95. The van der Waals surface area contributed by atoms with Crippen LogP contribution in [-0.2, 0) is 0 Å². The zero-order valence-electron chi connectivity index (χ0n) is 12.4. The third-order valence-corrected chi connectivity index (χ3v) is 3.72. The maximum absolute atomic E-state index is 12.7. The molecule has 5 heteroatoms. The fourth-order valence-corrected chi connectivity index (χ4v) is 2.70. The largest absolute Gasteiger partial charge is 0.497 e. The summed E-state index contributed by atoms with van der Waals surface area (Å²) in [6.45, 7) is 4.78. The standard InChI is InChI=1S/C15H23N3O2/c1-11-10-17(2)5-4-6-18(11)15(19)12-7-13(16)9-14(8-12)20-3/h7-9,11H,4-6,10,16H2,1-3H3. The Kier molecular flexibility index (Phi) is 4.49. The van der Waals surface area contributed by atoms with E-state index in [-0.39, 0.29) is 11.9 Å². The lowest BCUT2D eigenvalue weighted by Crippen LogP contribution is -2.42. The van der Waals surface area contributed by atoms with Gasteiger partial charge in [0.2, 0.25) is 0 Å². The number of nitrogens with zero attached hydrogens (tertiary/aromatic N) is 2. The summed E-state index contributed by atoms with van der Waals surface area (Å²) in [6, 6.07) is 5.38. The van der Waals surface area contributed by atoms with Crippen LogP contribution < -0.4 is 10.5 Å². The summed E-state index contributed by atoms with van der Waals surface area (Å²) in [5.41, 5.74) is 6.97. The van der Waals surface area contributed by atoms with Crippen molar-refractivity contribution < 1.29 is 9.53 Å². The van der Waals surface area contributed by atoms with E-state index in [9.17, 15) is 4.79 Å². The number of carbonyl (C=O) groups is 1. The monoisotopic (exact) mass is 277 g/mol. The minimum Gasteiger partial charge on any atom is -0.497 e. The van der Waals surface area contributed by atoms with Crippen molar-refractivity contribution in [1.29, 1.82) is 0 Å². The van der Waals surface area contributed by atoms with Gasteiger partial charge >= 0.3 is 0 Å². The van der Waals surface area contributed by atoms with Gasteiger partial charge in [-0.3, -0.25) is 4.79 Å². The molecule has 1 aliphatic heterocycles. The molecule has 5 nitrogen and oxygen atoms in total. The number of amides is 1. The lowest BCUT2D eigenvalue weighted by atomic mass is 10.1. The number of anilines is 1. The third-order valence-electron chi connectivity index (χ3n) is 3.72. The maximum Gasteiger partial charge on any atom is 0.254 e. The molecule has 1 fully saturated rings. The van der Waals surface area contributed by atoms with Crippen LogP contribution in [0.5, 0.6) is 5.75 Å². The van der Waals surface area contributed by atoms with Gasteiger partial charge in [-0.1, -0.05) is 0 Å². The highest BCUT2D eigenvalue weighted by molar-refractivity contribution is 5.95. The first-order valence-corrected chi connectivity index (χ1v) is 6.95. The van der Waals surface area contributed by atoms with Gasteiger partial charge in [-0.25, -0.2) is 0 Å². The van der Waals surface area contributed by atoms with E-state index in [1.54, 1.807) is 25.3 Å². The van der Waals surface area contributed by atoms with Crippen LogP contribution in [0.2, 0.25) is 0 Å². The highest BCUT2D eigenvalue weighted by atomic mass is 16.5. The summed E-state index contributed by atoms with van der Waals surface area (Å²) < 4.78 is 5.18. The van der Waals surface area contributed by atoms with Crippen molar-refractivity contribution in [3.63, 3.8) is 0 Å². The summed E-state index contributed by atoms with van der Waals surface area (Å²) in [5, 5.41) is 0. The van der Waals surface area contributed by atoms with Crippen molar-refractivity contribution in [2.45, 2.75) is 19.4 Å². The number of nitrogens with two attached hydrogens (primary N) is 1. The minimum absolute atomic E-state index is 0.0263. The van der Waals surface area contributed by atoms with E-state index in [0.29, 0.717) is 17.0 Å². The Balaban J connectivity index is 2.23. The SMILES string of the molecule is COc1cc(N)cc(C(=O)N2CCCN(C)CC2C)c1. The van der Waals surface area contributed by atoms with Crippen molar-refractivity contribution >= 4 is 11.6 Å². The van der Waals surface area contributed by atoms with Crippen molar-refractivity contribution in [2.75, 3.05) is 39.5 Å². The Bertz CT molecular complexity index is 490. The minimum atomic E-state index is 0.0263. The zero-order chi connectivity index (χ0) is 14.7. The first-order chi connectivity index (χ1) is 9.51. The van der Waals surface area contributed by atoms with Crippen LogP contribution >= 0.6 is 0 Å². The molecule has 0 radical (unpaired) electrons. The predicted octanol–water partition coefficient (Wildman–Crippen LogP) is 1.44. The zero-order valence-corrected chi connectivity index (χ0v) is 12.4. The molecule has 1 atom stereocenters. The smallest absolute Gasteiger partial charge is 0.254 e. The number of rotatable bonds is 2. The van der Waals surface area contributed by atoms with Crippen LogP contribution in [0.4, 0.5) is 5.69 Å². The molecule has 1 amide bonds. The summed E-state index contributed by atoms with van der Waals surface area (Å²) in [6.07, 6.45) is 0.992. The van der Waals surface area contributed by atoms with E-state index in [1.807, 2.05) is 4.90 Å². The third kappa shape index (κ3) is 3.22. The van der Waals surface area contributed by atoms with Gasteiger partial charge in [0, 0.05) is 36.4 Å². The highest BCUT2D eigenvalue weighted by Gasteiger charge is 2.25. The second-order valence-electron chi connectivity index (χ2n) is 5.46. The van der Waals surface area contributed by atoms with Crippen molar-refractivity contribution in [1.82, 2.24) is 9.80 Å². The molecule has 2 N–H and O–H groups in total. The average Bonchev–Trinajstić information content (AvgIpc) is 2.57. The lowest BCUT2D eigenvalue weighted by molar-refractivity contribution is 0.0696. The van der Waals surface area contributed by atoms with Gasteiger partial charge in [-0.15, -0.1) is 0 Å². The predicted molar refractivity (Wildman–Crippen MR) is 80.0 cm³/mol. The Hall–Kier alpha value is -1.75. The quantitative estimate of drug-likeness (QED) is 0.831.